The number of benzene rings is 9. The van der Waals surface area contributed by atoms with Crippen LogP contribution in [0.2, 0.25) is 0 Å². The topological polar surface area (TPSA) is 13.1 Å². The van der Waals surface area contributed by atoms with Gasteiger partial charge in [0.1, 0.15) is 0 Å². The lowest BCUT2D eigenvalue weighted by atomic mass is 10.0. The predicted octanol–water partition coefficient (Wildman–Crippen LogP) is 16.0. The smallest absolute Gasteiger partial charge is 0.0548 e. The van der Waals surface area contributed by atoms with Crippen LogP contribution in [0.5, 0.6) is 0 Å². The molecule has 0 aliphatic heterocycles. The first kappa shape index (κ1) is 34.6. The maximum atomic E-state index is 2.43. The summed E-state index contributed by atoms with van der Waals surface area (Å²) in [5.41, 5.74) is 15.4. The monoisotopic (exact) mass is 785 g/mol. The molecule has 3 nitrogen and oxygen atoms in total. The molecule has 12 rings (SSSR count). The predicted molar refractivity (Wildman–Crippen MR) is 258 cm³/mol. The van der Waals surface area contributed by atoms with E-state index >= 15 is 0 Å². The van der Waals surface area contributed by atoms with Crippen molar-refractivity contribution in [3.05, 3.63) is 211 Å². The molecule has 0 saturated heterocycles. The van der Waals surface area contributed by atoms with E-state index in [0.717, 1.165) is 22.7 Å². The van der Waals surface area contributed by atoms with Gasteiger partial charge in [-0.3, -0.25) is 0 Å². The number of para-hydroxylation sites is 3. The summed E-state index contributed by atoms with van der Waals surface area (Å²) in [7, 11) is 0. The Morgan fingerprint density at radius 2 is 0.867 bits per heavy atom. The van der Waals surface area contributed by atoms with Gasteiger partial charge in [0.15, 0.2) is 0 Å². The molecule has 0 unspecified atom stereocenters. The van der Waals surface area contributed by atoms with Gasteiger partial charge in [-0.25, -0.2) is 0 Å². The number of hydrogen-bond acceptors (Lipinski definition) is 2. The van der Waals surface area contributed by atoms with Gasteiger partial charge in [0.05, 0.1) is 22.1 Å². The lowest BCUT2D eigenvalue weighted by molar-refractivity contribution is 1.17. The molecule has 0 fully saturated rings. The summed E-state index contributed by atoms with van der Waals surface area (Å²) in [5, 5.41) is 7.70. The minimum Gasteiger partial charge on any atom is -0.310 e. The Labute approximate surface area is 352 Å². The minimum atomic E-state index is 1.11. The van der Waals surface area contributed by atoms with E-state index in [4.69, 9.17) is 0 Å². The number of fused-ring (bicyclic) bond motifs is 9. The SMILES string of the molecule is Cc1cc(C)cc(N(c2ccc(-c3ccc4c(c3)c3ccccc3n4-c3ccccc3)cc2)c2ccc(-n3c4ccccc4c4cc5sc6ccccc6c5cc43)cc2)c1. The van der Waals surface area contributed by atoms with E-state index in [1.807, 2.05) is 11.3 Å². The van der Waals surface area contributed by atoms with Gasteiger partial charge >= 0.3 is 0 Å². The maximum absolute atomic E-state index is 2.43. The van der Waals surface area contributed by atoms with Gasteiger partial charge in [-0.1, -0.05) is 97.1 Å². The van der Waals surface area contributed by atoms with Crippen LogP contribution < -0.4 is 4.90 Å². The van der Waals surface area contributed by atoms with Gasteiger partial charge < -0.3 is 14.0 Å². The number of aromatic nitrogens is 2. The molecule has 0 amide bonds. The van der Waals surface area contributed by atoms with Crippen LogP contribution >= 0.6 is 11.3 Å². The Balaban J connectivity index is 0.956. The molecule has 0 bridgehead atoms. The average molecular weight is 786 g/mol. The quantitative estimate of drug-likeness (QED) is 0.164. The van der Waals surface area contributed by atoms with Crippen LogP contribution in [0.4, 0.5) is 17.1 Å². The molecule has 0 saturated carbocycles. The second-order valence-electron chi connectivity index (χ2n) is 16.0. The van der Waals surface area contributed by atoms with Crippen LogP contribution in [0.25, 0.3) is 86.3 Å². The van der Waals surface area contributed by atoms with Gasteiger partial charge in [-0.2, -0.15) is 0 Å². The van der Waals surface area contributed by atoms with Crippen LogP contribution in [0.3, 0.4) is 0 Å². The highest BCUT2D eigenvalue weighted by atomic mass is 32.1. The van der Waals surface area contributed by atoms with Crippen LogP contribution in [0.1, 0.15) is 11.1 Å². The van der Waals surface area contributed by atoms with Gasteiger partial charge in [0.2, 0.25) is 0 Å². The Bertz CT molecular complexity index is 3590. The van der Waals surface area contributed by atoms with Crippen molar-refractivity contribution >= 4 is 92.2 Å². The van der Waals surface area contributed by atoms with E-state index in [1.165, 1.54) is 91.7 Å². The van der Waals surface area contributed by atoms with Crippen molar-refractivity contribution in [3.8, 4) is 22.5 Å². The Kier molecular flexibility index (Phi) is 7.84. The van der Waals surface area contributed by atoms with E-state index < -0.39 is 0 Å². The van der Waals surface area contributed by atoms with Crippen molar-refractivity contribution in [2.75, 3.05) is 4.90 Å². The van der Waals surface area contributed by atoms with E-state index in [9.17, 15) is 0 Å². The van der Waals surface area contributed by atoms with Gasteiger partial charge in [0.25, 0.3) is 0 Å². The molecule has 9 aromatic carbocycles. The van der Waals surface area contributed by atoms with Crippen molar-refractivity contribution in [1.29, 1.82) is 0 Å². The van der Waals surface area contributed by atoms with Crippen molar-refractivity contribution in [1.82, 2.24) is 9.13 Å². The maximum Gasteiger partial charge on any atom is 0.0548 e. The summed E-state index contributed by atoms with van der Waals surface area (Å²) in [6, 6.07) is 73.6. The summed E-state index contributed by atoms with van der Waals surface area (Å²) in [6.07, 6.45) is 0. The molecule has 0 radical (unpaired) electrons. The first-order chi connectivity index (χ1) is 29.6. The lowest BCUT2D eigenvalue weighted by Crippen LogP contribution is -2.10. The zero-order chi connectivity index (χ0) is 39.9. The van der Waals surface area contributed by atoms with Crippen molar-refractivity contribution in [2.24, 2.45) is 0 Å². The van der Waals surface area contributed by atoms with Crippen molar-refractivity contribution in [2.45, 2.75) is 13.8 Å². The summed E-state index contributed by atoms with van der Waals surface area (Å²) in [6.45, 7) is 4.36. The minimum absolute atomic E-state index is 1.11. The highest BCUT2D eigenvalue weighted by Gasteiger charge is 2.19. The summed E-state index contributed by atoms with van der Waals surface area (Å²) in [5.74, 6) is 0. The van der Waals surface area contributed by atoms with Gasteiger partial charge in [0, 0.05) is 70.2 Å². The number of nitrogens with zero attached hydrogens (tertiary/aromatic N) is 3. The third-order valence-electron chi connectivity index (χ3n) is 12.1. The molecular weight excluding hydrogens is 747 g/mol. The second-order valence-corrected chi connectivity index (χ2v) is 17.1. The molecule has 12 aromatic rings. The molecule has 0 spiro atoms. The molecule has 4 heteroatoms. The fourth-order valence-corrected chi connectivity index (χ4v) is 10.7. The fraction of sp³-hybridized carbons (Fsp3) is 0.0357. The third kappa shape index (κ3) is 5.49. The molecule has 0 N–H and O–H groups in total. The van der Waals surface area contributed by atoms with Gasteiger partial charge in [-0.15, -0.1) is 11.3 Å². The molecule has 60 heavy (non-hydrogen) atoms. The normalized spacial score (nSPS) is 11.8. The van der Waals surface area contributed by atoms with Crippen molar-refractivity contribution < 1.29 is 0 Å². The van der Waals surface area contributed by atoms with E-state index in [2.05, 4.69) is 228 Å². The van der Waals surface area contributed by atoms with E-state index in [1.54, 1.807) is 0 Å². The van der Waals surface area contributed by atoms with Crippen LogP contribution in [-0.2, 0) is 0 Å². The van der Waals surface area contributed by atoms with E-state index in [-0.39, 0.29) is 0 Å². The molecule has 3 aromatic heterocycles. The number of anilines is 3. The standard InChI is InChI=1S/C56H39N3S/c1-36-30-37(2)32-44(31-36)57(41-23-20-38(21-24-41)39-22-29-53-48(33-39)45-14-6-9-17-51(45)58(53)40-12-4-3-5-13-40)42-25-27-43(28-26-42)59-52-18-10-7-15-46(52)49-35-56-50(34-54(49)59)47-16-8-11-19-55(47)60-56/h3-35H,1-2H3. The summed E-state index contributed by atoms with van der Waals surface area (Å²) in [4.78, 5) is 2.39. The van der Waals surface area contributed by atoms with Crippen LogP contribution in [-0.4, -0.2) is 9.13 Å². The molecule has 0 aliphatic rings. The molecular formula is C56H39N3S. The van der Waals surface area contributed by atoms with E-state index in [0.29, 0.717) is 0 Å². The molecule has 0 atom stereocenters. The largest absolute Gasteiger partial charge is 0.310 e. The summed E-state index contributed by atoms with van der Waals surface area (Å²) >= 11 is 1.88. The number of aryl methyl sites for hydroxylation is 2. The third-order valence-corrected chi connectivity index (χ3v) is 13.3. The van der Waals surface area contributed by atoms with Crippen LogP contribution in [0, 0.1) is 13.8 Å². The molecule has 284 valence electrons. The lowest BCUT2D eigenvalue weighted by Gasteiger charge is -2.27. The average Bonchev–Trinajstić information content (AvgIpc) is 3.93. The molecule has 0 aliphatic carbocycles. The number of hydrogen-bond donors (Lipinski definition) is 0. The van der Waals surface area contributed by atoms with Crippen LogP contribution in [0.15, 0.2) is 200 Å². The Morgan fingerprint density at radius 3 is 1.57 bits per heavy atom. The second kappa shape index (κ2) is 13.6. The Hall–Kier alpha value is -7.40. The first-order valence-corrected chi connectivity index (χ1v) is 21.4. The number of thiophene rings is 1. The first-order valence-electron chi connectivity index (χ1n) is 20.6. The zero-order valence-electron chi connectivity index (χ0n) is 33.3. The summed E-state index contributed by atoms with van der Waals surface area (Å²) < 4.78 is 7.46. The number of rotatable bonds is 6. The van der Waals surface area contributed by atoms with Crippen molar-refractivity contribution in [3.63, 3.8) is 0 Å². The molecule has 3 heterocycles. The Morgan fingerprint density at radius 1 is 0.333 bits per heavy atom. The zero-order valence-corrected chi connectivity index (χ0v) is 34.1. The van der Waals surface area contributed by atoms with Gasteiger partial charge in [-0.05, 0) is 139 Å². The highest BCUT2D eigenvalue weighted by molar-refractivity contribution is 7.25. The fourth-order valence-electron chi connectivity index (χ4n) is 9.55. The highest BCUT2D eigenvalue weighted by Crippen LogP contribution is 2.42.